The molecule has 0 bridgehead atoms. The van der Waals surface area contributed by atoms with Gasteiger partial charge in [-0.25, -0.2) is 0 Å². The highest BCUT2D eigenvalue weighted by atomic mass is 16.6. The summed E-state index contributed by atoms with van der Waals surface area (Å²) >= 11 is 0. The lowest BCUT2D eigenvalue weighted by Crippen LogP contribution is -2.22. The number of nitrogens with zero attached hydrogens (tertiary/aromatic N) is 3. The summed E-state index contributed by atoms with van der Waals surface area (Å²) in [6.45, 7) is 1.53. The van der Waals surface area contributed by atoms with Crippen LogP contribution in [0.2, 0.25) is 0 Å². The molecule has 5 aromatic rings. The Labute approximate surface area is 211 Å². The van der Waals surface area contributed by atoms with Crippen LogP contribution < -0.4 is 9.91 Å². The molecule has 0 aromatic heterocycles. The van der Waals surface area contributed by atoms with Gasteiger partial charge in [0.25, 0.3) is 0 Å². The first kappa shape index (κ1) is 22.1. The molecule has 1 heterocycles. The second-order valence-corrected chi connectivity index (χ2v) is 8.91. The molecule has 4 heteroatoms. The first-order chi connectivity index (χ1) is 17.8. The number of fused-ring (bicyclic) bond motifs is 1. The molecular formula is C32H27N3O. The number of hydrogen-bond acceptors (Lipinski definition) is 4. The number of epoxide rings is 1. The summed E-state index contributed by atoms with van der Waals surface area (Å²) in [6, 6.07) is 44.3. The second kappa shape index (κ2) is 10.1. The van der Waals surface area contributed by atoms with E-state index < -0.39 is 0 Å². The number of rotatable bonds is 8. The molecular weight excluding hydrogens is 442 g/mol. The average Bonchev–Trinajstić information content (AvgIpc) is 3.77. The van der Waals surface area contributed by atoms with E-state index in [0.29, 0.717) is 0 Å². The van der Waals surface area contributed by atoms with E-state index in [2.05, 4.69) is 120 Å². The van der Waals surface area contributed by atoms with Crippen molar-refractivity contribution in [2.75, 3.05) is 23.1 Å². The standard InChI is InChI=1S/C32H27N3O/c1-3-11-28(12-4-1)35(29-13-5-2-6-14-29)30-18-15-25(16-19-30)22-33-34(23-32-24-36-32)31-20-17-26-9-7-8-10-27(26)21-31/h1-22,32H,23-24H2/b33-22+. The zero-order valence-electron chi connectivity index (χ0n) is 19.9. The first-order valence-electron chi connectivity index (χ1n) is 12.3. The highest BCUT2D eigenvalue weighted by Gasteiger charge is 2.25. The summed E-state index contributed by atoms with van der Waals surface area (Å²) in [6.07, 6.45) is 2.16. The summed E-state index contributed by atoms with van der Waals surface area (Å²) in [4.78, 5) is 2.26. The van der Waals surface area contributed by atoms with Gasteiger partial charge in [-0.05, 0) is 64.9 Å². The maximum absolute atomic E-state index is 5.51. The largest absolute Gasteiger partial charge is 0.371 e. The summed E-state index contributed by atoms with van der Waals surface area (Å²) in [5, 5.41) is 9.33. The number of para-hydroxylation sites is 2. The van der Waals surface area contributed by atoms with Crippen molar-refractivity contribution in [3.63, 3.8) is 0 Å². The van der Waals surface area contributed by atoms with Gasteiger partial charge in [-0.3, -0.25) is 5.01 Å². The number of hydrazone groups is 1. The van der Waals surface area contributed by atoms with Gasteiger partial charge in [0.1, 0.15) is 6.10 Å². The topological polar surface area (TPSA) is 31.4 Å². The summed E-state index contributed by atoms with van der Waals surface area (Å²) < 4.78 is 5.51. The van der Waals surface area contributed by atoms with E-state index in [1.54, 1.807) is 0 Å². The molecule has 5 aromatic carbocycles. The van der Waals surface area contributed by atoms with Crippen LogP contribution in [0.1, 0.15) is 5.56 Å². The Hall–Kier alpha value is -4.41. The van der Waals surface area contributed by atoms with E-state index in [1.807, 2.05) is 23.4 Å². The Balaban J connectivity index is 1.27. The van der Waals surface area contributed by atoms with Gasteiger partial charge < -0.3 is 9.64 Å². The fourth-order valence-electron chi connectivity index (χ4n) is 4.37. The Morgan fingerprint density at radius 3 is 1.83 bits per heavy atom. The lowest BCUT2D eigenvalue weighted by Gasteiger charge is -2.25. The predicted octanol–water partition coefficient (Wildman–Crippen LogP) is 7.55. The molecule has 1 aliphatic heterocycles. The highest BCUT2D eigenvalue weighted by molar-refractivity contribution is 5.87. The second-order valence-electron chi connectivity index (χ2n) is 8.91. The molecule has 1 unspecified atom stereocenters. The van der Waals surface area contributed by atoms with E-state index >= 15 is 0 Å². The third kappa shape index (κ3) is 4.99. The molecule has 36 heavy (non-hydrogen) atoms. The van der Waals surface area contributed by atoms with E-state index in [9.17, 15) is 0 Å². The van der Waals surface area contributed by atoms with Gasteiger partial charge in [0.05, 0.1) is 25.1 Å². The molecule has 0 N–H and O–H groups in total. The smallest absolute Gasteiger partial charge is 0.101 e. The predicted molar refractivity (Wildman–Crippen MR) is 150 cm³/mol. The van der Waals surface area contributed by atoms with Gasteiger partial charge in [-0.1, -0.05) is 78.9 Å². The highest BCUT2D eigenvalue weighted by Crippen LogP contribution is 2.34. The third-order valence-corrected chi connectivity index (χ3v) is 6.34. The lowest BCUT2D eigenvalue weighted by molar-refractivity contribution is 0.408. The number of anilines is 4. The van der Waals surface area contributed by atoms with Crippen LogP contribution in [0, 0.1) is 0 Å². The van der Waals surface area contributed by atoms with Crippen molar-refractivity contribution < 1.29 is 4.74 Å². The molecule has 1 fully saturated rings. The third-order valence-electron chi connectivity index (χ3n) is 6.34. The molecule has 6 rings (SSSR count). The molecule has 0 spiro atoms. The minimum absolute atomic E-state index is 0.237. The maximum atomic E-state index is 5.51. The van der Waals surface area contributed by atoms with Crippen molar-refractivity contribution in [3.8, 4) is 0 Å². The molecule has 176 valence electrons. The Bertz CT molecular complexity index is 1420. The average molecular weight is 470 g/mol. The van der Waals surface area contributed by atoms with Gasteiger partial charge >= 0.3 is 0 Å². The van der Waals surface area contributed by atoms with Gasteiger partial charge in [0.15, 0.2) is 0 Å². The SMILES string of the molecule is C(=N\N(CC1CO1)c1ccc2ccccc2c1)/c1ccc(N(c2ccccc2)c2ccccc2)cc1. The Morgan fingerprint density at radius 1 is 0.639 bits per heavy atom. The molecule has 0 radical (unpaired) electrons. The summed E-state index contributed by atoms with van der Waals surface area (Å²) in [7, 11) is 0. The minimum atomic E-state index is 0.237. The van der Waals surface area contributed by atoms with E-state index in [4.69, 9.17) is 9.84 Å². The fraction of sp³-hybridized carbons (Fsp3) is 0.0938. The van der Waals surface area contributed by atoms with Crippen LogP contribution in [-0.4, -0.2) is 25.5 Å². The van der Waals surface area contributed by atoms with Crippen LogP contribution in [0.25, 0.3) is 10.8 Å². The Morgan fingerprint density at radius 2 is 1.19 bits per heavy atom. The molecule has 1 atom stereocenters. The van der Waals surface area contributed by atoms with Gasteiger partial charge in [-0.2, -0.15) is 5.10 Å². The van der Waals surface area contributed by atoms with Crippen LogP contribution in [0.4, 0.5) is 22.7 Å². The van der Waals surface area contributed by atoms with Crippen molar-refractivity contribution in [1.29, 1.82) is 0 Å². The fourth-order valence-corrected chi connectivity index (χ4v) is 4.37. The number of benzene rings is 5. The van der Waals surface area contributed by atoms with Crippen molar-refractivity contribution >= 4 is 39.7 Å². The van der Waals surface area contributed by atoms with Crippen LogP contribution in [0.3, 0.4) is 0 Å². The first-order valence-corrected chi connectivity index (χ1v) is 12.3. The van der Waals surface area contributed by atoms with Crippen LogP contribution in [0.15, 0.2) is 132 Å². The normalized spacial score (nSPS) is 14.7. The molecule has 1 aliphatic rings. The van der Waals surface area contributed by atoms with E-state index in [1.165, 1.54) is 10.8 Å². The zero-order valence-corrected chi connectivity index (χ0v) is 19.9. The molecule has 0 aliphatic carbocycles. The Kier molecular flexibility index (Phi) is 6.17. The lowest BCUT2D eigenvalue weighted by atomic mass is 10.1. The maximum Gasteiger partial charge on any atom is 0.101 e. The van der Waals surface area contributed by atoms with Crippen LogP contribution in [-0.2, 0) is 4.74 Å². The van der Waals surface area contributed by atoms with Gasteiger partial charge in [0, 0.05) is 17.1 Å². The van der Waals surface area contributed by atoms with E-state index in [-0.39, 0.29) is 6.10 Å². The van der Waals surface area contributed by atoms with Crippen LogP contribution in [0.5, 0.6) is 0 Å². The minimum Gasteiger partial charge on any atom is -0.371 e. The molecule has 0 amide bonds. The van der Waals surface area contributed by atoms with Crippen molar-refractivity contribution in [2.45, 2.75) is 6.10 Å². The van der Waals surface area contributed by atoms with Gasteiger partial charge in [0.2, 0.25) is 0 Å². The van der Waals surface area contributed by atoms with Crippen molar-refractivity contribution in [3.05, 3.63) is 133 Å². The zero-order chi connectivity index (χ0) is 24.2. The van der Waals surface area contributed by atoms with Crippen molar-refractivity contribution in [2.24, 2.45) is 5.10 Å². The monoisotopic (exact) mass is 469 g/mol. The number of ether oxygens (including phenoxy) is 1. The molecule has 4 nitrogen and oxygen atoms in total. The summed E-state index contributed by atoms with van der Waals surface area (Å²) in [5.41, 5.74) is 5.45. The quantitative estimate of drug-likeness (QED) is 0.134. The molecule has 0 saturated carbocycles. The summed E-state index contributed by atoms with van der Waals surface area (Å²) in [5.74, 6) is 0. The number of hydrogen-bond donors (Lipinski definition) is 0. The van der Waals surface area contributed by atoms with Gasteiger partial charge in [-0.15, -0.1) is 0 Å². The van der Waals surface area contributed by atoms with E-state index in [0.717, 1.165) is 41.5 Å². The molecule has 1 saturated heterocycles. The van der Waals surface area contributed by atoms with Crippen molar-refractivity contribution in [1.82, 2.24) is 0 Å². The van der Waals surface area contributed by atoms with Crippen LogP contribution >= 0.6 is 0 Å².